The summed E-state index contributed by atoms with van der Waals surface area (Å²) in [6.45, 7) is 3.44. The molecule has 0 spiro atoms. The average molecular weight is 203 g/mol. The molecule has 1 aliphatic carbocycles. The molecule has 2 aliphatic rings. The average Bonchev–Trinajstić information content (AvgIpc) is 2.19. The minimum atomic E-state index is 0.280. The smallest absolute Gasteiger partial charge is 0.115 e. The normalized spacial score (nSPS) is 33.5. The maximum atomic E-state index is 9.58. The Morgan fingerprint density at radius 2 is 2.33 bits per heavy atom. The molecule has 80 valence electrons. The van der Waals surface area contributed by atoms with Gasteiger partial charge in [-0.05, 0) is 54.5 Å². The summed E-state index contributed by atoms with van der Waals surface area (Å²) in [4.78, 5) is 0. The molecule has 2 nitrogen and oxygen atoms in total. The van der Waals surface area contributed by atoms with E-state index in [9.17, 15) is 5.11 Å². The second-order valence-corrected chi connectivity index (χ2v) is 5.21. The summed E-state index contributed by atoms with van der Waals surface area (Å²) < 4.78 is 0. The largest absolute Gasteiger partial charge is 0.508 e. The standard InChI is InChI=1S/C13H17NO/c1-13-4-5-14-10(8-13)6-9-2-3-11(15)7-12(9)13/h2-3,7,10,14-15H,4-6,8H2,1H3. The van der Waals surface area contributed by atoms with Crippen molar-refractivity contribution >= 4 is 0 Å². The minimum absolute atomic E-state index is 0.280. The molecule has 2 N–H and O–H groups in total. The monoisotopic (exact) mass is 203 g/mol. The highest BCUT2D eigenvalue weighted by molar-refractivity contribution is 5.43. The zero-order valence-corrected chi connectivity index (χ0v) is 9.09. The van der Waals surface area contributed by atoms with Crippen LogP contribution in [0, 0.1) is 0 Å². The van der Waals surface area contributed by atoms with E-state index >= 15 is 0 Å². The van der Waals surface area contributed by atoms with Crippen molar-refractivity contribution in [3.8, 4) is 5.75 Å². The van der Waals surface area contributed by atoms with Crippen molar-refractivity contribution in [3.63, 3.8) is 0 Å². The van der Waals surface area contributed by atoms with Gasteiger partial charge in [0.2, 0.25) is 0 Å². The molecule has 2 heteroatoms. The second kappa shape index (κ2) is 2.99. The molecule has 15 heavy (non-hydrogen) atoms. The van der Waals surface area contributed by atoms with Gasteiger partial charge in [0.1, 0.15) is 5.75 Å². The molecule has 3 rings (SSSR count). The lowest BCUT2D eigenvalue weighted by Gasteiger charge is -2.45. The van der Waals surface area contributed by atoms with E-state index in [0.717, 1.165) is 13.0 Å². The van der Waals surface area contributed by atoms with Crippen molar-refractivity contribution in [2.24, 2.45) is 0 Å². The van der Waals surface area contributed by atoms with Crippen LogP contribution in [0.25, 0.3) is 0 Å². The third kappa shape index (κ3) is 1.36. The number of rotatable bonds is 0. The van der Waals surface area contributed by atoms with Gasteiger partial charge in [-0.25, -0.2) is 0 Å². The molecular weight excluding hydrogens is 186 g/mol. The highest BCUT2D eigenvalue weighted by atomic mass is 16.3. The highest BCUT2D eigenvalue weighted by Crippen LogP contribution is 2.42. The predicted molar refractivity (Wildman–Crippen MR) is 60.2 cm³/mol. The van der Waals surface area contributed by atoms with Crippen LogP contribution in [-0.4, -0.2) is 17.7 Å². The van der Waals surface area contributed by atoms with Crippen LogP contribution in [0.3, 0.4) is 0 Å². The number of nitrogens with one attached hydrogen (secondary N) is 1. The predicted octanol–water partition coefficient (Wildman–Crippen LogP) is 1.96. The zero-order valence-electron chi connectivity index (χ0n) is 9.09. The molecule has 2 atom stereocenters. The van der Waals surface area contributed by atoms with E-state index in [4.69, 9.17) is 0 Å². The summed E-state index contributed by atoms with van der Waals surface area (Å²) in [7, 11) is 0. The molecule has 1 fully saturated rings. The first kappa shape index (κ1) is 9.22. The number of piperidine rings is 1. The molecule has 0 amide bonds. The Balaban J connectivity index is 2.14. The Hall–Kier alpha value is -1.02. The third-order valence-corrected chi connectivity index (χ3v) is 4.02. The molecule has 2 unspecified atom stereocenters. The van der Waals surface area contributed by atoms with Gasteiger partial charge in [-0.3, -0.25) is 0 Å². The molecular formula is C13H17NO. The second-order valence-electron chi connectivity index (χ2n) is 5.21. The molecule has 2 bridgehead atoms. The van der Waals surface area contributed by atoms with Crippen LogP contribution in [0.15, 0.2) is 18.2 Å². The molecule has 0 radical (unpaired) electrons. The Labute approximate surface area is 90.3 Å². The van der Waals surface area contributed by atoms with Gasteiger partial charge in [0.15, 0.2) is 0 Å². The van der Waals surface area contributed by atoms with Gasteiger partial charge in [0, 0.05) is 6.04 Å². The van der Waals surface area contributed by atoms with Crippen molar-refractivity contribution in [2.45, 2.75) is 37.6 Å². The number of aromatic hydroxyl groups is 1. The first-order valence-corrected chi connectivity index (χ1v) is 5.73. The zero-order chi connectivity index (χ0) is 10.5. The topological polar surface area (TPSA) is 32.3 Å². The Morgan fingerprint density at radius 3 is 3.20 bits per heavy atom. The molecule has 1 saturated heterocycles. The van der Waals surface area contributed by atoms with E-state index < -0.39 is 0 Å². The molecule has 1 heterocycles. The van der Waals surface area contributed by atoms with E-state index in [0.29, 0.717) is 11.8 Å². The lowest BCUT2D eigenvalue weighted by molar-refractivity contribution is 0.248. The number of hydrogen-bond acceptors (Lipinski definition) is 2. The van der Waals surface area contributed by atoms with Gasteiger partial charge in [0.05, 0.1) is 0 Å². The van der Waals surface area contributed by atoms with Gasteiger partial charge in [-0.2, -0.15) is 0 Å². The fourth-order valence-corrected chi connectivity index (χ4v) is 3.23. The van der Waals surface area contributed by atoms with Crippen LogP contribution in [-0.2, 0) is 11.8 Å². The van der Waals surface area contributed by atoms with Crippen LogP contribution in [0.2, 0.25) is 0 Å². The van der Waals surface area contributed by atoms with E-state index in [1.165, 1.54) is 24.0 Å². The minimum Gasteiger partial charge on any atom is -0.508 e. The summed E-state index contributed by atoms with van der Waals surface area (Å²) in [5.74, 6) is 0.409. The van der Waals surface area contributed by atoms with Crippen LogP contribution in [0.4, 0.5) is 0 Å². The maximum Gasteiger partial charge on any atom is 0.115 e. The summed E-state index contributed by atoms with van der Waals surface area (Å²) >= 11 is 0. The van der Waals surface area contributed by atoms with Crippen LogP contribution < -0.4 is 5.32 Å². The Bertz CT molecular complexity index is 402. The molecule has 1 aromatic rings. The summed E-state index contributed by atoms with van der Waals surface area (Å²) in [6.07, 6.45) is 3.51. The van der Waals surface area contributed by atoms with Gasteiger partial charge in [-0.1, -0.05) is 13.0 Å². The van der Waals surface area contributed by atoms with Crippen molar-refractivity contribution in [1.29, 1.82) is 0 Å². The van der Waals surface area contributed by atoms with E-state index in [2.05, 4.69) is 18.3 Å². The lowest BCUT2D eigenvalue weighted by atomic mass is 9.66. The lowest BCUT2D eigenvalue weighted by Crippen LogP contribution is -2.49. The summed E-state index contributed by atoms with van der Waals surface area (Å²) in [5, 5.41) is 13.2. The molecule has 1 aromatic carbocycles. The van der Waals surface area contributed by atoms with E-state index in [-0.39, 0.29) is 5.41 Å². The third-order valence-electron chi connectivity index (χ3n) is 4.02. The first-order valence-electron chi connectivity index (χ1n) is 5.73. The van der Waals surface area contributed by atoms with Crippen molar-refractivity contribution in [2.75, 3.05) is 6.54 Å². The van der Waals surface area contributed by atoms with Crippen LogP contribution in [0.5, 0.6) is 5.75 Å². The van der Waals surface area contributed by atoms with Crippen molar-refractivity contribution < 1.29 is 5.11 Å². The SMILES string of the molecule is CC12CCNC(Cc3ccc(O)cc31)C2. The fraction of sp³-hybridized carbons (Fsp3) is 0.538. The van der Waals surface area contributed by atoms with Crippen molar-refractivity contribution in [1.82, 2.24) is 5.32 Å². The Morgan fingerprint density at radius 1 is 1.47 bits per heavy atom. The quantitative estimate of drug-likeness (QED) is 0.675. The summed E-state index contributed by atoms with van der Waals surface area (Å²) in [6, 6.07) is 6.50. The fourth-order valence-electron chi connectivity index (χ4n) is 3.23. The Kier molecular flexibility index (Phi) is 1.84. The molecule has 0 saturated carbocycles. The number of fused-ring (bicyclic) bond motifs is 4. The number of hydrogen-bond donors (Lipinski definition) is 2. The first-order chi connectivity index (χ1) is 7.17. The molecule has 1 aliphatic heterocycles. The number of benzene rings is 1. The highest BCUT2D eigenvalue weighted by Gasteiger charge is 2.39. The summed E-state index contributed by atoms with van der Waals surface area (Å²) in [5.41, 5.74) is 3.07. The van der Waals surface area contributed by atoms with Gasteiger partial charge in [-0.15, -0.1) is 0 Å². The van der Waals surface area contributed by atoms with Crippen LogP contribution in [0.1, 0.15) is 30.9 Å². The van der Waals surface area contributed by atoms with Crippen LogP contribution >= 0.6 is 0 Å². The van der Waals surface area contributed by atoms with E-state index in [1.54, 1.807) is 0 Å². The van der Waals surface area contributed by atoms with Gasteiger partial charge >= 0.3 is 0 Å². The maximum absolute atomic E-state index is 9.58. The van der Waals surface area contributed by atoms with Crippen molar-refractivity contribution in [3.05, 3.63) is 29.3 Å². The van der Waals surface area contributed by atoms with E-state index in [1.807, 2.05) is 12.1 Å². The van der Waals surface area contributed by atoms with Gasteiger partial charge in [0.25, 0.3) is 0 Å². The molecule has 0 aromatic heterocycles. The number of phenolic OH excluding ortho intramolecular Hbond substituents is 1. The number of phenols is 1. The van der Waals surface area contributed by atoms with Gasteiger partial charge < -0.3 is 10.4 Å².